The second-order valence-corrected chi connectivity index (χ2v) is 5.06. The van der Waals surface area contributed by atoms with Crippen LogP contribution in [0.1, 0.15) is 16.1 Å². The Kier molecular flexibility index (Phi) is 3.51. The van der Waals surface area contributed by atoms with Crippen LogP contribution >= 0.6 is 22.6 Å². The van der Waals surface area contributed by atoms with E-state index >= 15 is 0 Å². The first-order valence-corrected chi connectivity index (χ1v) is 6.20. The highest BCUT2D eigenvalue weighted by Crippen LogP contribution is 2.12. The van der Waals surface area contributed by atoms with Crippen molar-refractivity contribution in [3.05, 3.63) is 39.5 Å². The number of aryl methyl sites for hydroxylation is 3. The molecule has 2 aromatic heterocycles. The van der Waals surface area contributed by atoms with Crippen LogP contribution in [0.3, 0.4) is 0 Å². The summed E-state index contributed by atoms with van der Waals surface area (Å²) in [5.41, 5.74) is 1.44. The summed E-state index contributed by atoms with van der Waals surface area (Å²) in [7, 11) is 1.87. The molecule has 0 atom stereocenters. The van der Waals surface area contributed by atoms with E-state index in [9.17, 15) is 4.79 Å². The number of carbonyl (C=O) groups is 1. The minimum atomic E-state index is -0.890. The van der Waals surface area contributed by atoms with Crippen LogP contribution in [-0.4, -0.2) is 25.4 Å². The molecule has 0 fully saturated rings. The van der Waals surface area contributed by atoms with Crippen molar-refractivity contribution in [3.8, 4) is 0 Å². The van der Waals surface area contributed by atoms with E-state index in [-0.39, 0.29) is 0 Å². The van der Waals surface area contributed by atoms with Crippen LogP contribution in [0.4, 0.5) is 0 Å². The summed E-state index contributed by atoms with van der Waals surface area (Å²) in [6, 6.07) is 1.67. The number of halogens is 1. The summed E-state index contributed by atoms with van der Waals surface area (Å²) >= 11 is 2.12. The third-order valence-corrected chi connectivity index (χ3v) is 3.07. The highest BCUT2D eigenvalue weighted by Gasteiger charge is 2.11. The Hall–Kier alpha value is -1.31. The number of aromatic nitrogens is 3. The molecule has 17 heavy (non-hydrogen) atoms. The first kappa shape index (κ1) is 12.2. The van der Waals surface area contributed by atoms with Gasteiger partial charge in [0.15, 0.2) is 0 Å². The monoisotopic (exact) mass is 345 g/mol. The maximum Gasteiger partial charge on any atom is 0.352 e. The Bertz CT molecular complexity index is 545. The first-order chi connectivity index (χ1) is 8.06. The Morgan fingerprint density at radius 3 is 2.88 bits per heavy atom. The van der Waals surface area contributed by atoms with E-state index in [1.807, 2.05) is 19.4 Å². The van der Waals surface area contributed by atoms with Crippen molar-refractivity contribution >= 4 is 28.6 Å². The molecule has 2 heterocycles. The second-order valence-electron chi connectivity index (χ2n) is 3.81. The molecule has 1 N–H and O–H groups in total. The lowest BCUT2D eigenvalue weighted by Crippen LogP contribution is -2.09. The molecule has 0 aliphatic carbocycles. The van der Waals surface area contributed by atoms with E-state index in [1.54, 1.807) is 21.5 Å². The lowest BCUT2D eigenvalue weighted by atomic mass is 10.2. The fourth-order valence-electron chi connectivity index (χ4n) is 1.69. The van der Waals surface area contributed by atoms with Gasteiger partial charge in [0.2, 0.25) is 0 Å². The number of carboxylic acids is 1. The molecule has 0 aliphatic heterocycles. The molecule has 0 radical (unpaired) electrons. The van der Waals surface area contributed by atoms with Gasteiger partial charge >= 0.3 is 5.97 Å². The SMILES string of the molecule is Cn1cc(CCn2cc(I)cc2C(=O)O)cn1. The van der Waals surface area contributed by atoms with Crippen LogP contribution in [0, 0.1) is 3.57 Å². The predicted octanol–water partition coefficient (Wildman–Crippen LogP) is 1.77. The van der Waals surface area contributed by atoms with Gasteiger partial charge in [-0.15, -0.1) is 0 Å². The van der Waals surface area contributed by atoms with Gasteiger partial charge in [0.1, 0.15) is 5.69 Å². The van der Waals surface area contributed by atoms with Gasteiger partial charge in [-0.2, -0.15) is 5.10 Å². The van der Waals surface area contributed by atoms with E-state index in [4.69, 9.17) is 5.11 Å². The lowest BCUT2D eigenvalue weighted by molar-refractivity contribution is 0.0685. The minimum Gasteiger partial charge on any atom is -0.477 e. The Morgan fingerprint density at radius 1 is 1.53 bits per heavy atom. The molecule has 0 bridgehead atoms. The smallest absolute Gasteiger partial charge is 0.352 e. The fourth-order valence-corrected chi connectivity index (χ4v) is 2.32. The third kappa shape index (κ3) is 2.87. The van der Waals surface area contributed by atoms with Crippen molar-refractivity contribution in [2.45, 2.75) is 13.0 Å². The molecule has 0 aromatic carbocycles. The number of hydrogen-bond donors (Lipinski definition) is 1. The topological polar surface area (TPSA) is 60.0 Å². The molecule has 90 valence electrons. The molecule has 0 unspecified atom stereocenters. The molecule has 0 saturated carbocycles. The standard InChI is InChI=1S/C11H12IN3O2/c1-14-6-8(5-13-14)2-3-15-7-9(12)4-10(15)11(16)17/h4-7H,2-3H2,1H3,(H,16,17). The van der Waals surface area contributed by atoms with Crippen molar-refractivity contribution in [1.29, 1.82) is 0 Å². The minimum absolute atomic E-state index is 0.332. The Morgan fingerprint density at radius 2 is 2.29 bits per heavy atom. The molecule has 0 saturated heterocycles. The van der Waals surface area contributed by atoms with Gasteiger partial charge in [-0.3, -0.25) is 4.68 Å². The average Bonchev–Trinajstić information content (AvgIpc) is 2.82. The fraction of sp³-hybridized carbons (Fsp3) is 0.273. The maximum atomic E-state index is 11.0. The predicted molar refractivity (Wildman–Crippen MR) is 71.0 cm³/mol. The van der Waals surface area contributed by atoms with Crippen molar-refractivity contribution in [1.82, 2.24) is 14.3 Å². The van der Waals surface area contributed by atoms with Gasteiger partial charge in [0, 0.05) is 29.6 Å². The van der Waals surface area contributed by atoms with E-state index in [0.29, 0.717) is 12.2 Å². The van der Waals surface area contributed by atoms with E-state index in [0.717, 1.165) is 15.6 Å². The Balaban J connectivity index is 2.11. The summed E-state index contributed by atoms with van der Waals surface area (Å²) in [5.74, 6) is -0.890. The van der Waals surface area contributed by atoms with Gasteiger partial charge < -0.3 is 9.67 Å². The molecule has 6 heteroatoms. The summed E-state index contributed by atoms with van der Waals surface area (Å²) in [5, 5.41) is 13.1. The molecule has 0 aliphatic rings. The van der Waals surface area contributed by atoms with Crippen LogP contribution in [0.2, 0.25) is 0 Å². The van der Waals surface area contributed by atoms with Crippen molar-refractivity contribution in [3.63, 3.8) is 0 Å². The van der Waals surface area contributed by atoms with Crippen LogP contribution in [0.25, 0.3) is 0 Å². The highest BCUT2D eigenvalue weighted by atomic mass is 127. The number of rotatable bonds is 4. The summed E-state index contributed by atoms with van der Waals surface area (Å²) < 4.78 is 4.44. The number of nitrogens with zero attached hydrogens (tertiary/aromatic N) is 3. The van der Waals surface area contributed by atoms with Gasteiger partial charge in [0.05, 0.1) is 6.20 Å². The molecule has 2 aromatic rings. The Labute approximate surface area is 112 Å². The zero-order valence-electron chi connectivity index (χ0n) is 9.30. The van der Waals surface area contributed by atoms with Gasteiger partial charge in [0.25, 0.3) is 0 Å². The van der Waals surface area contributed by atoms with Crippen LogP contribution in [-0.2, 0) is 20.0 Å². The van der Waals surface area contributed by atoms with E-state index < -0.39 is 5.97 Å². The highest BCUT2D eigenvalue weighted by molar-refractivity contribution is 14.1. The van der Waals surface area contributed by atoms with Gasteiger partial charge in [-0.25, -0.2) is 4.79 Å². The van der Waals surface area contributed by atoms with Crippen LogP contribution in [0.5, 0.6) is 0 Å². The molecule has 2 rings (SSSR count). The maximum absolute atomic E-state index is 11.0. The van der Waals surface area contributed by atoms with Gasteiger partial charge in [-0.05, 0) is 40.6 Å². The van der Waals surface area contributed by atoms with Crippen LogP contribution < -0.4 is 0 Å². The average molecular weight is 345 g/mol. The normalized spacial score (nSPS) is 10.7. The first-order valence-electron chi connectivity index (χ1n) is 5.13. The van der Waals surface area contributed by atoms with Crippen LogP contribution in [0.15, 0.2) is 24.7 Å². The van der Waals surface area contributed by atoms with Crippen molar-refractivity contribution < 1.29 is 9.90 Å². The third-order valence-electron chi connectivity index (χ3n) is 2.48. The summed E-state index contributed by atoms with van der Waals surface area (Å²) in [4.78, 5) is 11.0. The number of hydrogen-bond acceptors (Lipinski definition) is 2. The zero-order valence-corrected chi connectivity index (χ0v) is 11.5. The number of aromatic carboxylic acids is 1. The largest absolute Gasteiger partial charge is 0.477 e. The number of carboxylic acid groups (broad SMARTS) is 1. The molecular weight excluding hydrogens is 333 g/mol. The molecular formula is C11H12IN3O2. The second kappa shape index (κ2) is 4.91. The lowest BCUT2D eigenvalue weighted by Gasteiger charge is -2.04. The molecule has 0 amide bonds. The zero-order chi connectivity index (χ0) is 12.4. The van der Waals surface area contributed by atoms with Crippen molar-refractivity contribution in [2.75, 3.05) is 0 Å². The molecule has 5 nitrogen and oxygen atoms in total. The van der Waals surface area contributed by atoms with E-state index in [1.165, 1.54) is 0 Å². The van der Waals surface area contributed by atoms with Gasteiger partial charge in [-0.1, -0.05) is 0 Å². The summed E-state index contributed by atoms with van der Waals surface area (Å²) in [6.45, 7) is 0.649. The molecule has 0 spiro atoms. The van der Waals surface area contributed by atoms with Crippen molar-refractivity contribution in [2.24, 2.45) is 7.05 Å². The summed E-state index contributed by atoms with van der Waals surface area (Å²) in [6.07, 6.45) is 6.36. The van der Waals surface area contributed by atoms with E-state index in [2.05, 4.69) is 27.7 Å². The quantitative estimate of drug-likeness (QED) is 0.860.